The molecule has 6 nitrogen and oxygen atoms in total. The summed E-state index contributed by atoms with van der Waals surface area (Å²) in [5.74, 6) is -1.01. The van der Waals surface area contributed by atoms with Crippen LogP contribution >= 0.6 is 60.0 Å². The van der Waals surface area contributed by atoms with Crippen molar-refractivity contribution >= 4 is 88.8 Å². The normalized spacial score (nSPS) is 10.6. The zero-order chi connectivity index (χ0) is 20.8. The second-order valence-electron chi connectivity index (χ2n) is 5.28. The van der Waals surface area contributed by atoms with Crippen LogP contribution in [0.2, 0.25) is 0 Å². The lowest BCUT2D eigenvalue weighted by Gasteiger charge is -2.13. The number of carboxylic acid groups (broad SMARTS) is 1. The fourth-order valence-electron chi connectivity index (χ4n) is 2.17. The van der Waals surface area contributed by atoms with Crippen LogP contribution in [0.5, 0.6) is 5.75 Å². The highest BCUT2D eigenvalue weighted by molar-refractivity contribution is 9.11. The van der Waals surface area contributed by atoms with Gasteiger partial charge in [-0.1, -0.05) is 31.9 Å². The van der Waals surface area contributed by atoms with E-state index >= 15 is 0 Å². The first-order chi connectivity index (χ1) is 13.2. The molecule has 0 radical (unpaired) electrons. The molecule has 3 N–H and O–H groups in total. The monoisotopic (exact) mass is 590 g/mol. The summed E-state index contributed by atoms with van der Waals surface area (Å²) in [5, 5.41) is 14.5. The van der Waals surface area contributed by atoms with E-state index in [-0.39, 0.29) is 16.4 Å². The molecule has 28 heavy (non-hydrogen) atoms. The first kappa shape index (κ1) is 22.5. The Balaban J connectivity index is 2.11. The molecule has 0 aliphatic carbocycles. The lowest BCUT2D eigenvalue weighted by atomic mass is 10.2. The van der Waals surface area contributed by atoms with Gasteiger partial charge >= 0.3 is 5.97 Å². The predicted molar refractivity (Wildman–Crippen MR) is 123 cm³/mol. The molecule has 0 fully saturated rings. The Kier molecular flexibility index (Phi) is 8.17. The number of nitrogens with one attached hydrogen (secondary N) is 2. The average molecular weight is 593 g/mol. The smallest absolute Gasteiger partial charge is 0.337 e. The Morgan fingerprint density at radius 1 is 1.14 bits per heavy atom. The average Bonchev–Trinajstić information content (AvgIpc) is 2.61. The minimum absolute atomic E-state index is 0.00716. The maximum absolute atomic E-state index is 12.1. The van der Waals surface area contributed by atoms with E-state index in [1.807, 2.05) is 6.07 Å². The molecule has 2 aromatic rings. The number of ether oxygens (including phenoxy) is 1. The van der Waals surface area contributed by atoms with Crippen molar-refractivity contribution in [1.29, 1.82) is 0 Å². The van der Waals surface area contributed by atoms with Gasteiger partial charge in [0.25, 0.3) is 0 Å². The summed E-state index contributed by atoms with van der Waals surface area (Å²) >= 11 is 15.0. The van der Waals surface area contributed by atoms with Gasteiger partial charge in [0.15, 0.2) is 5.11 Å². The number of methoxy groups -OCH3 is 1. The second-order valence-corrected chi connectivity index (χ2v) is 8.37. The summed E-state index contributed by atoms with van der Waals surface area (Å²) in [4.78, 5) is 23.6. The van der Waals surface area contributed by atoms with E-state index in [0.29, 0.717) is 20.3 Å². The first-order valence-corrected chi connectivity index (χ1v) is 10.4. The molecule has 0 bridgehead atoms. The summed E-state index contributed by atoms with van der Waals surface area (Å²) in [6.07, 6.45) is 2.88. The Bertz CT molecular complexity index is 980. The maximum Gasteiger partial charge on any atom is 0.337 e. The summed E-state index contributed by atoms with van der Waals surface area (Å²) < 4.78 is 7.15. The van der Waals surface area contributed by atoms with Gasteiger partial charge in [0, 0.05) is 25.1 Å². The van der Waals surface area contributed by atoms with Crippen LogP contribution < -0.4 is 15.4 Å². The number of thiocarbonyl (C=S) groups is 1. The maximum atomic E-state index is 12.1. The molecule has 0 aliphatic rings. The van der Waals surface area contributed by atoms with Gasteiger partial charge in [0.05, 0.1) is 18.4 Å². The number of halogens is 3. The Hall–Kier alpha value is -1.75. The lowest BCUT2D eigenvalue weighted by Crippen LogP contribution is -2.33. The topological polar surface area (TPSA) is 87.7 Å². The zero-order valence-electron chi connectivity index (χ0n) is 14.3. The summed E-state index contributed by atoms with van der Waals surface area (Å²) in [6.45, 7) is 0. The van der Waals surface area contributed by atoms with Gasteiger partial charge in [0.2, 0.25) is 5.91 Å². The van der Waals surface area contributed by atoms with Crippen LogP contribution in [0.3, 0.4) is 0 Å². The molecular formula is C18H13Br3N2O4S. The lowest BCUT2D eigenvalue weighted by molar-refractivity contribution is -0.115. The minimum Gasteiger partial charge on any atom is -0.496 e. The molecule has 10 heteroatoms. The molecule has 2 aromatic carbocycles. The Morgan fingerprint density at radius 3 is 2.50 bits per heavy atom. The highest BCUT2D eigenvalue weighted by Gasteiger charge is 2.16. The highest BCUT2D eigenvalue weighted by atomic mass is 79.9. The van der Waals surface area contributed by atoms with Crippen molar-refractivity contribution < 1.29 is 19.4 Å². The molecular weight excluding hydrogens is 580 g/mol. The molecule has 0 saturated heterocycles. The quantitative estimate of drug-likeness (QED) is 0.327. The third kappa shape index (κ3) is 6.13. The number of benzene rings is 2. The number of hydrogen-bond acceptors (Lipinski definition) is 4. The first-order valence-electron chi connectivity index (χ1n) is 7.57. The van der Waals surface area contributed by atoms with Crippen LogP contribution in [-0.4, -0.2) is 29.2 Å². The van der Waals surface area contributed by atoms with E-state index in [4.69, 9.17) is 17.0 Å². The van der Waals surface area contributed by atoms with Crippen LogP contribution in [0.25, 0.3) is 6.08 Å². The Morgan fingerprint density at radius 2 is 1.86 bits per heavy atom. The van der Waals surface area contributed by atoms with Gasteiger partial charge in [-0.15, -0.1) is 0 Å². The van der Waals surface area contributed by atoms with Crippen LogP contribution in [0.15, 0.2) is 49.8 Å². The minimum atomic E-state index is -1.14. The molecule has 0 aromatic heterocycles. The summed E-state index contributed by atoms with van der Waals surface area (Å²) in [5.41, 5.74) is 0.931. The SMILES string of the molecule is COc1ccc(Br)cc1/C=C/C(=O)NC(=S)Nc1c(Br)cc(Br)cc1C(=O)O. The highest BCUT2D eigenvalue weighted by Crippen LogP contribution is 2.31. The molecule has 0 aliphatic heterocycles. The molecule has 0 atom stereocenters. The zero-order valence-corrected chi connectivity index (χ0v) is 19.8. The van der Waals surface area contributed by atoms with Gasteiger partial charge in [-0.05, 0) is 64.6 Å². The van der Waals surface area contributed by atoms with E-state index in [9.17, 15) is 14.7 Å². The van der Waals surface area contributed by atoms with E-state index in [1.165, 1.54) is 19.3 Å². The second kappa shape index (κ2) is 10.1. The number of aromatic carboxylic acids is 1. The largest absolute Gasteiger partial charge is 0.496 e. The fourth-order valence-corrected chi connectivity index (χ4v) is 4.07. The predicted octanol–water partition coefficient (Wildman–Crippen LogP) is 5.21. The molecule has 146 valence electrons. The van der Waals surface area contributed by atoms with Gasteiger partial charge in [-0.25, -0.2) is 4.79 Å². The van der Waals surface area contributed by atoms with Crippen molar-refractivity contribution in [3.63, 3.8) is 0 Å². The van der Waals surface area contributed by atoms with Crippen molar-refractivity contribution in [2.24, 2.45) is 0 Å². The number of carbonyl (C=O) groups is 2. The van der Waals surface area contributed by atoms with Crippen molar-refractivity contribution in [2.75, 3.05) is 12.4 Å². The van der Waals surface area contributed by atoms with Crippen molar-refractivity contribution in [1.82, 2.24) is 5.32 Å². The van der Waals surface area contributed by atoms with Crippen LogP contribution in [-0.2, 0) is 4.79 Å². The number of carbonyl (C=O) groups excluding carboxylic acids is 1. The third-order valence-electron chi connectivity index (χ3n) is 3.37. The number of anilines is 1. The van der Waals surface area contributed by atoms with Crippen molar-refractivity contribution in [3.8, 4) is 5.75 Å². The molecule has 1 amide bonds. The van der Waals surface area contributed by atoms with Gasteiger partial charge in [0.1, 0.15) is 5.75 Å². The fraction of sp³-hybridized carbons (Fsp3) is 0.0556. The van der Waals surface area contributed by atoms with E-state index < -0.39 is 11.9 Å². The van der Waals surface area contributed by atoms with Crippen molar-refractivity contribution in [3.05, 3.63) is 61.0 Å². The Labute approximate surface area is 191 Å². The number of rotatable bonds is 5. The number of hydrogen-bond donors (Lipinski definition) is 3. The standard InChI is InChI=1S/C18H13Br3N2O4S/c1-27-14-4-3-10(19)6-9(14)2-5-15(24)22-18(28)23-16-12(17(25)26)7-11(20)8-13(16)21/h2-8H,1H3,(H,25,26)(H2,22,23,24,28)/b5-2+. The molecule has 0 spiro atoms. The van der Waals surface area contributed by atoms with Crippen LogP contribution in [0.1, 0.15) is 15.9 Å². The van der Waals surface area contributed by atoms with Crippen molar-refractivity contribution in [2.45, 2.75) is 0 Å². The third-order valence-corrected chi connectivity index (χ3v) is 5.15. The van der Waals surface area contributed by atoms with Crippen LogP contribution in [0, 0.1) is 0 Å². The van der Waals surface area contributed by atoms with Crippen LogP contribution in [0.4, 0.5) is 5.69 Å². The van der Waals surface area contributed by atoms with E-state index in [0.717, 1.165) is 4.47 Å². The van der Waals surface area contributed by atoms with E-state index in [1.54, 1.807) is 24.3 Å². The van der Waals surface area contributed by atoms with E-state index in [2.05, 4.69) is 58.4 Å². The number of carboxylic acids is 1. The van der Waals surface area contributed by atoms with Gasteiger partial charge in [-0.2, -0.15) is 0 Å². The molecule has 2 rings (SSSR count). The summed E-state index contributed by atoms with van der Waals surface area (Å²) in [6, 6.07) is 8.49. The van der Waals surface area contributed by atoms with Gasteiger partial charge < -0.3 is 15.2 Å². The molecule has 0 unspecified atom stereocenters. The summed E-state index contributed by atoms with van der Waals surface area (Å²) in [7, 11) is 1.54. The van der Waals surface area contributed by atoms with Gasteiger partial charge in [-0.3, -0.25) is 10.1 Å². The molecule has 0 heterocycles. The molecule has 0 saturated carbocycles. The number of amides is 1.